The van der Waals surface area contributed by atoms with Gasteiger partial charge in [0.15, 0.2) is 5.82 Å². The maximum atomic E-state index is 6.14. The standard InChI is InChI=1S/C18H15ClN6O2S/c1-26-14-8-4-11(5-9-14)16-22-24-18(25(16)20)28-10-15-21-23-17(27-15)12-2-6-13(19)7-3-12/h2-9H,10,20H2,1H3. The molecule has 0 aliphatic rings. The molecular formula is C18H15ClN6O2S. The van der Waals surface area contributed by atoms with E-state index in [2.05, 4.69) is 20.4 Å². The average Bonchev–Trinajstić information content (AvgIpc) is 3.34. The molecule has 0 radical (unpaired) electrons. The highest BCUT2D eigenvalue weighted by Gasteiger charge is 2.15. The van der Waals surface area contributed by atoms with Gasteiger partial charge in [0.05, 0.1) is 12.9 Å². The van der Waals surface area contributed by atoms with E-state index in [4.69, 9.17) is 26.6 Å². The molecule has 4 aromatic rings. The smallest absolute Gasteiger partial charge is 0.247 e. The molecule has 0 bridgehead atoms. The fraction of sp³-hybridized carbons (Fsp3) is 0.111. The van der Waals surface area contributed by atoms with Crippen LogP contribution in [0.5, 0.6) is 5.75 Å². The number of hydrogen-bond donors (Lipinski definition) is 1. The van der Waals surface area contributed by atoms with Crippen molar-refractivity contribution in [3.63, 3.8) is 0 Å². The van der Waals surface area contributed by atoms with Crippen molar-refractivity contribution in [2.24, 2.45) is 0 Å². The van der Waals surface area contributed by atoms with Gasteiger partial charge in [-0.25, -0.2) is 4.68 Å². The maximum Gasteiger partial charge on any atom is 0.247 e. The molecule has 2 N–H and O–H groups in total. The zero-order valence-electron chi connectivity index (χ0n) is 14.7. The number of nitrogen functional groups attached to an aromatic ring is 1. The quantitative estimate of drug-likeness (QED) is 0.376. The highest BCUT2D eigenvalue weighted by atomic mass is 35.5. The summed E-state index contributed by atoms with van der Waals surface area (Å²) in [5.41, 5.74) is 1.64. The summed E-state index contributed by atoms with van der Waals surface area (Å²) < 4.78 is 12.3. The molecule has 0 saturated heterocycles. The van der Waals surface area contributed by atoms with E-state index < -0.39 is 0 Å². The summed E-state index contributed by atoms with van der Waals surface area (Å²) in [6.45, 7) is 0. The number of nitrogens with two attached hydrogens (primary N) is 1. The zero-order valence-corrected chi connectivity index (χ0v) is 16.3. The lowest BCUT2D eigenvalue weighted by atomic mass is 10.2. The summed E-state index contributed by atoms with van der Waals surface area (Å²) in [4.78, 5) is 0. The second-order valence-corrected chi connectivity index (χ2v) is 7.08. The van der Waals surface area contributed by atoms with Crippen LogP contribution in [-0.4, -0.2) is 32.2 Å². The number of thioether (sulfide) groups is 1. The highest BCUT2D eigenvalue weighted by molar-refractivity contribution is 7.98. The first-order valence-corrected chi connectivity index (χ1v) is 9.56. The van der Waals surface area contributed by atoms with Crippen molar-refractivity contribution in [2.75, 3.05) is 13.0 Å². The molecular weight excluding hydrogens is 400 g/mol. The van der Waals surface area contributed by atoms with Gasteiger partial charge in [-0.15, -0.1) is 20.4 Å². The van der Waals surface area contributed by atoms with Crippen molar-refractivity contribution < 1.29 is 9.15 Å². The largest absolute Gasteiger partial charge is 0.497 e. The Kier molecular flexibility index (Phi) is 5.18. The number of aromatic nitrogens is 5. The molecule has 2 heterocycles. The van der Waals surface area contributed by atoms with Crippen LogP contribution in [0.4, 0.5) is 0 Å². The van der Waals surface area contributed by atoms with Gasteiger partial charge in [-0.1, -0.05) is 23.4 Å². The van der Waals surface area contributed by atoms with Crippen LogP contribution in [0.25, 0.3) is 22.8 Å². The zero-order chi connectivity index (χ0) is 19.5. The van der Waals surface area contributed by atoms with Crippen LogP contribution in [0.1, 0.15) is 5.89 Å². The molecule has 2 aromatic carbocycles. The van der Waals surface area contributed by atoms with E-state index in [-0.39, 0.29) is 0 Å². The molecule has 142 valence electrons. The normalized spacial score (nSPS) is 10.9. The van der Waals surface area contributed by atoms with Gasteiger partial charge in [0, 0.05) is 16.1 Å². The van der Waals surface area contributed by atoms with Crippen LogP contribution < -0.4 is 10.6 Å². The number of nitrogens with zero attached hydrogens (tertiary/aromatic N) is 5. The summed E-state index contributed by atoms with van der Waals surface area (Å²) in [6.07, 6.45) is 0. The fourth-order valence-electron chi connectivity index (χ4n) is 2.46. The average molecular weight is 415 g/mol. The monoisotopic (exact) mass is 414 g/mol. The lowest BCUT2D eigenvalue weighted by molar-refractivity contribution is 0.415. The SMILES string of the molecule is COc1ccc(-c2nnc(SCc3nnc(-c4ccc(Cl)cc4)o3)n2N)cc1. The first kappa shape index (κ1) is 18.3. The van der Waals surface area contributed by atoms with Gasteiger partial charge >= 0.3 is 0 Å². The third-order valence-electron chi connectivity index (χ3n) is 3.90. The lowest BCUT2D eigenvalue weighted by Crippen LogP contribution is -2.11. The Bertz CT molecular complexity index is 1080. The number of ether oxygens (including phenoxy) is 1. The Hall–Kier alpha value is -3.04. The number of hydrogen-bond acceptors (Lipinski definition) is 8. The van der Waals surface area contributed by atoms with E-state index in [9.17, 15) is 0 Å². The minimum Gasteiger partial charge on any atom is -0.497 e. The molecule has 0 aliphatic carbocycles. The van der Waals surface area contributed by atoms with E-state index in [1.807, 2.05) is 36.4 Å². The Morgan fingerprint density at radius 1 is 1.00 bits per heavy atom. The van der Waals surface area contributed by atoms with Crippen molar-refractivity contribution in [1.29, 1.82) is 0 Å². The van der Waals surface area contributed by atoms with Crippen LogP contribution in [0.3, 0.4) is 0 Å². The first-order chi connectivity index (χ1) is 13.6. The third-order valence-corrected chi connectivity index (χ3v) is 5.08. The van der Waals surface area contributed by atoms with E-state index in [1.54, 1.807) is 19.2 Å². The summed E-state index contributed by atoms with van der Waals surface area (Å²) in [6, 6.07) is 14.6. The van der Waals surface area contributed by atoms with Gasteiger partial charge in [0.25, 0.3) is 0 Å². The highest BCUT2D eigenvalue weighted by Crippen LogP contribution is 2.26. The molecule has 28 heavy (non-hydrogen) atoms. The van der Waals surface area contributed by atoms with Gasteiger partial charge in [0.1, 0.15) is 5.75 Å². The molecule has 4 rings (SSSR count). The second-order valence-electron chi connectivity index (χ2n) is 5.70. The Morgan fingerprint density at radius 3 is 2.43 bits per heavy atom. The molecule has 0 unspecified atom stereocenters. The van der Waals surface area contributed by atoms with E-state index in [0.717, 1.165) is 16.9 Å². The third kappa shape index (κ3) is 3.80. The van der Waals surface area contributed by atoms with Gasteiger partial charge < -0.3 is 15.0 Å². The molecule has 2 aromatic heterocycles. The van der Waals surface area contributed by atoms with Crippen LogP contribution in [0, 0.1) is 0 Å². The summed E-state index contributed by atoms with van der Waals surface area (Å²) in [5.74, 6) is 8.76. The summed E-state index contributed by atoms with van der Waals surface area (Å²) in [7, 11) is 1.62. The maximum absolute atomic E-state index is 6.14. The number of methoxy groups -OCH3 is 1. The number of rotatable bonds is 6. The van der Waals surface area contributed by atoms with Crippen LogP contribution in [0.15, 0.2) is 58.1 Å². The first-order valence-electron chi connectivity index (χ1n) is 8.20. The number of benzene rings is 2. The van der Waals surface area contributed by atoms with Crippen LogP contribution in [-0.2, 0) is 5.75 Å². The molecule has 10 heteroatoms. The predicted octanol–water partition coefficient (Wildman–Crippen LogP) is 3.66. The van der Waals surface area contributed by atoms with Crippen molar-refractivity contribution >= 4 is 23.4 Å². The predicted molar refractivity (Wildman–Crippen MR) is 106 cm³/mol. The van der Waals surface area contributed by atoms with E-state index >= 15 is 0 Å². The molecule has 0 amide bonds. The van der Waals surface area contributed by atoms with Gasteiger partial charge in [0.2, 0.25) is 16.9 Å². The van der Waals surface area contributed by atoms with Crippen LogP contribution >= 0.6 is 23.4 Å². The van der Waals surface area contributed by atoms with Crippen molar-refractivity contribution in [1.82, 2.24) is 25.1 Å². The molecule has 0 aliphatic heterocycles. The Balaban J connectivity index is 1.45. The molecule has 0 saturated carbocycles. The van der Waals surface area contributed by atoms with Crippen molar-refractivity contribution in [3.8, 4) is 28.6 Å². The molecule has 0 spiro atoms. The molecule has 0 atom stereocenters. The Morgan fingerprint density at radius 2 is 1.71 bits per heavy atom. The molecule has 0 fully saturated rings. The van der Waals surface area contributed by atoms with E-state index in [1.165, 1.54) is 16.4 Å². The minimum atomic E-state index is 0.415. The second kappa shape index (κ2) is 7.91. The summed E-state index contributed by atoms with van der Waals surface area (Å²) >= 11 is 7.25. The fourth-order valence-corrected chi connectivity index (χ4v) is 3.28. The van der Waals surface area contributed by atoms with Crippen molar-refractivity contribution in [2.45, 2.75) is 10.9 Å². The van der Waals surface area contributed by atoms with Gasteiger partial charge in [-0.2, -0.15) is 0 Å². The number of halogens is 1. The van der Waals surface area contributed by atoms with Crippen LogP contribution in [0.2, 0.25) is 5.02 Å². The minimum absolute atomic E-state index is 0.415. The molecule has 8 nitrogen and oxygen atoms in total. The summed E-state index contributed by atoms with van der Waals surface area (Å²) in [5, 5.41) is 17.6. The van der Waals surface area contributed by atoms with E-state index in [0.29, 0.717) is 33.5 Å². The van der Waals surface area contributed by atoms with Crippen molar-refractivity contribution in [3.05, 3.63) is 59.4 Å². The lowest BCUT2D eigenvalue weighted by Gasteiger charge is -2.04. The topological polar surface area (TPSA) is 105 Å². The Labute approximate surface area is 169 Å². The van der Waals surface area contributed by atoms with Gasteiger partial charge in [-0.05, 0) is 48.5 Å². The van der Waals surface area contributed by atoms with Gasteiger partial charge in [-0.3, -0.25) is 0 Å².